The van der Waals surface area contributed by atoms with Gasteiger partial charge in [0, 0.05) is 38.9 Å². The van der Waals surface area contributed by atoms with Crippen molar-refractivity contribution in [3.63, 3.8) is 0 Å². The number of pyridine rings is 1. The number of aryl methyl sites for hydroxylation is 2. The van der Waals surface area contributed by atoms with Gasteiger partial charge in [0.1, 0.15) is 23.0 Å². The number of piperazine rings is 1. The van der Waals surface area contributed by atoms with Crippen molar-refractivity contribution in [3.05, 3.63) is 58.3 Å². The normalized spacial score (nSPS) is 20.7. The maximum Gasteiger partial charge on any atom is 0.259 e. The number of anilines is 1. The Kier molecular flexibility index (Phi) is 7.03. The third-order valence-electron chi connectivity index (χ3n) is 6.14. The fourth-order valence-electron chi connectivity index (χ4n) is 4.52. The Hall–Kier alpha value is -2.74. The van der Waals surface area contributed by atoms with E-state index in [1.807, 2.05) is 20.8 Å². The van der Waals surface area contributed by atoms with E-state index in [9.17, 15) is 18.4 Å². The van der Waals surface area contributed by atoms with Crippen LogP contribution in [0.25, 0.3) is 0 Å². The summed E-state index contributed by atoms with van der Waals surface area (Å²) in [5, 5.41) is 2.70. The number of hydrogen-bond donors (Lipinski definition) is 1. The summed E-state index contributed by atoms with van der Waals surface area (Å²) in [7, 11) is 0. The molecule has 0 radical (unpaired) electrons. The Morgan fingerprint density at radius 1 is 1.09 bits per heavy atom. The molecule has 2 aliphatic heterocycles. The third kappa shape index (κ3) is 4.41. The predicted octanol–water partition coefficient (Wildman–Crippen LogP) is 3.21. The maximum atomic E-state index is 14.8. The Morgan fingerprint density at radius 2 is 1.72 bits per heavy atom. The van der Waals surface area contributed by atoms with E-state index >= 15 is 0 Å². The molecule has 1 aromatic heterocycles. The van der Waals surface area contributed by atoms with Crippen LogP contribution in [-0.4, -0.2) is 54.4 Å². The molecule has 4 rings (SSSR count). The number of rotatable bonds is 3. The van der Waals surface area contributed by atoms with E-state index < -0.39 is 29.0 Å². The smallest absolute Gasteiger partial charge is 0.259 e. The zero-order valence-corrected chi connectivity index (χ0v) is 19.1. The average molecular weight is 465 g/mol. The number of nitrogens with zero attached hydrogens (tertiary/aromatic N) is 3. The lowest BCUT2D eigenvalue weighted by atomic mass is 9.89. The molecule has 32 heavy (non-hydrogen) atoms. The van der Waals surface area contributed by atoms with Gasteiger partial charge in [0.05, 0.1) is 5.92 Å². The minimum atomic E-state index is -0.926. The van der Waals surface area contributed by atoms with Crippen LogP contribution in [0.5, 0.6) is 0 Å². The van der Waals surface area contributed by atoms with Gasteiger partial charge in [-0.15, -0.1) is 12.4 Å². The summed E-state index contributed by atoms with van der Waals surface area (Å²) in [4.78, 5) is 32.9. The van der Waals surface area contributed by atoms with E-state index in [1.165, 1.54) is 4.90 Å². The molecule has 3 heterocycles. The van der Waals surface area contributed by atoms with Crippen molar-refractivity contribution < 1.29 is 18.4 Å². The predicted molar refractivity (Wildman–Crippen MR) is 120 cm³/mol. The van der Waals surface area contributed by atoms with E-state index in [0.717, 1.165) is 29.1 Å². The van der Waals surface area contributed by atoms with Crippen molar-refractivity contribution >= 4 is 30.0 Å². The first-order valence-corrected chi connectivity index (χ1v) is 10.5. The third-order valence-corrected chi connectivity index (χ3v) is 6.14. The zero-order chi connectivity index (χ0) is 22.3. The molecule has 2 fully saturated rings. The molecule has 0 saturated carbocycles. The van der Waals surface area contributed by atoms with Gasteiger partial charge in [0.25, 0.3) is 5.91 Å². The molecule has 2 saturated heterocycles. The molecule has 2 amide bonds. The molecule has 2 aliphatic rings. The van der Waals surface area contributed by atoms with E-state index in [1.54, 1.807) is 6.20 Å². The van der Waals surface area contributed by atoms with Crippen LogP contribution in [0.2, 0.25) is 0 Å². The SMILES string of the molecule is Cc1cnc(N2CCN(C(=O)c3c(F)cc([C@@H]4C(=O)NCC4C)cc3F)CC2)c(C)c1.Cl. The van der Waals surface area contributed by atoms with Gasteiger partial charge < -0.3 is 15.1 Å². The topological polar surface area (TPSA) is 65.5 Å². The summed E-state index contributed by atoms with van der Waals surface area (Å²) >= 11 is 0. The lowest BCUT2D eigenvalue weighted by Crippen LogP contribution is -2.49. The highest BCUT2D eigenvalue weighted by molar-refractivity contribution is 5.95. The van der Waals surface area contributed by atoms with Gasteiger partial charge in [0.15, 0.2) is 0 Å². The molecule has 1 aromatic carbocycles. The minimum absolute atomic E-state index is 0. The fourth-order valence-corrected chi connectivity index (χ4v) is 4.52. The molecule has 0 spiro atoms. The molecular formula is C23H27ClF2N4O2. The Morgan fingerprint density at radius 3 is 2.25 bits per heavy atom. The molecule has 2 atom stereocenters. The highest BCUT2D eigenvalue weighted by Crippen LogP contribution is 2.31. The largest absolute Gasteiger partial charge is 0.355 e. The number of hydrogen-bond acceptors (Lipinski definition) is 4. The Bertz CT molecular complexity index is 1020. The molecular weight excluding hydrogens is 438 g/mol. The van der Waals surface area contributed by atoms with Gasteiger partial charge >= 0.3 is 0 Å². The molecule has 2 aromatic rings. The van der Waals surface area contributed by atoms with E-state index in [4.69, 9.17) is 0 Å². The van der Waals surface area contributed by atoms with Gasteiger partial charge in [0.2, 0.25) is 5.91 Å². The summed E-state index contributed by atoms with van der Waals surface area (Å²) in [6, 6.07) is 4.30. The quantitative estimate of drug-likeness (QED) is 0.757. The second-order valence-corrected chi connectivity index (χ2v) is 8.49. The second-order valence-electron chi connectivity index (χ2n) is 8.49. The van der Waals surface area contributed by atoms with Crippen LogP contribution in [0.3, 0.4) is 0 Å². The number of nitrogens with one attached hydrogen (secondary N) is 1. The maximum absolute atomic E-state index is 14.8. The van der Waals surface area contributed by atoms with E-state index in [0.29, 0.717) is 32.7 Å². The minimum Gasteiger partial charge on any atom is -0.355 e. The second kappa shape index (κ2) is 9.40. The number of halogens is 3. The number of aromatic nitrogens is 1. The van der Waals surface area contributed by atoms with Gasteiger partial charge in [-0.3, -0.25) is 9.59 Å². The lowest BCUT2D eigenvalue weighted by Gasteiger charge is -2.36. The van der Waals surface area contributed by atoms with Gasteiger partial charge in [-0.1, -0.05) is 13.0 Å². The van der Waals surface area contributed by atoms with Crippen molar-refractivity contribution in [2.45, 2.75) is 26.7 Å². The molecule has 1 N–H and O–H groups in total. The first-order chi connectivity index (χ1) is 14.8. The Balaban J connectivity index is 0.00000289. The van der Waals surface area contributed by atoms with Gasteiger partial charge in [-0.25, -0.2) is 13.8 Å². The fraction of sp³-hybridized carbons (Fsp3) is 0.435. The molecule has 0 bridgehead atoms. The molecule has 0 aliphatic carbocycles. The highest BCUT2D eigenvalue weighted by atomic mass is 35.5. The monoisotopic (exact) mass is 464 g/mol. The standard InChI is InChI=1S/C23H26F2N4O2.ClH/c1-13-8-14(2)21(26-11-13)28-4-6-29(7-5-28)23(31)20-17(24)9-16(10-18(20)25)19-15(3)12-27-22(19)30;/h8-11,15,19H,4-7,12H2,1-3H3,(H,27,30);1H/t15?,19-;/m1./s1. The van der Waals surface area contributed by atoms with Crippen LogP contribution < -0.4 is 10.2 Å². The van der Waals surface area contributed by atoms with Crippen molar-refractivity contribution in [3.8, 4) is 0 Å². The summed E-state index contributed by atoms with van der Waals surface area (Å²) in [5.74, 6) is -2.58. The molecule has 9 heteroatoms. The van der Waals surface area contributed by atoms with Gasteiger partial charge in [-0.05, 0) is 48.6 Å². The number of benzene rings is 1. The van der Waals surface area contributed by atoms with Crippen molar-refractivity contribution in [1.29, 1.82) is 0 Å². The van der Waals surface area contributed by atoms with Crippen LogP contribution in [0.15, 0.2) is 24.4 Å². The molecule has 6 nitrogen and oxygen atoms in total. The molecule has 1 unspecified atom stereocenters. The van der Waals surface area contributed by atoms with Crippen LogP contribution in [0.1, 0.15) is 39.9 Å². The first-order valence-electron chi connectivity index (χ1n) is 10.5. The Labute approximate surface area is 192 Å². The van der Waals surface area contributed by atoms with E-state index in [-0.39, 0.29) is 29.8 Å². The van der Waals surface area contributed by atoms with Crippen LogP contribution in [0, 0.1) is 31.4 Å². The zero-order valence-electron chi connectivity index (χ0n) is 18.3. The van der Waals surface area contributed by atoms with Crippen LogP contribution in [-0.2, 0) is 4.79 Å². The first kappa shape index (κ1) is 23.9. The lowest BCUT2D eigenvalue weighted by molar-refractivity contribution is -0.120. The van der Waals surface area contributed by atoms with Crippen molar-refractivity contribution in [2.24, 2.45) is 5.92 Å². The van der Waals surface area contributed by atoms with Crippen LogP contribution >= 0.6 is 12.4 Å². The number of amides is 2. The van der Waals surface area contributed by atoms with Crippen molar-refractivity contribution in [2.75, 3.05) is 37.6 Å². The highest BCUT2D eigenvalue weighted by Gasteiger charge is 2.35. The number of carbonyl (C=O) groups excluding carboxylic acids is 2. The summed E-state index contributed by atoms with van der Waals surface area (Å²) < 4.78 is 29.6. The van der Waals surface area contributed by atoms with Crippen LogP contribution in [0.4, 0.5) is 14.6 Å². The summed E-state index contributed by atoms with van der Waals surface area (Å²) in [6.07, 6.45) is 1.80. The van der Waals surface area contributed by atoms with E-state index in [2.05, 4.69) is 21.3 Å². The van der Waals surface area contributed by atoms with Gasteiger partial charge in [-0.2, -0.15) is 0 Å². The average Bonchev–Trinajstić information content (AvgIpc) is 3.05. The molecule has 172 valence electrons. The summed E-state index contributed by atoms with van der Waals surface area (Å²) in [6.45, 7) is 8.04. The number of carbonyl (C=O) groups is 2. The summed E-state index contributed by atoms with van der Waals surface area (Å²) in [5.41, 5.74) is 1.83. The van der Waals surface area contributed by atoms with Crippen molar-refractivity contribution in [1.82, 2.24) is 15.2 Å².